The minimum absolute atomic E-state index is 0.0543. The molecule has 2 nitrogen and oxygen atoms in total. The Balaban J connectivity index is 1.63. The summed E-state index contributed by atoms with van der Waals surface area (Å²) in [4.78, 5) is 12.7. The molecule has 0 radical (unpaired) electrons. The number of rotatable bonds is 7. The highest BCUT2D eigenvalue weighted by molar-refractivity contribution is 7.99. The zero-order chi connectivity index (χ0) is 12.1. The zero-order valence-corrected chi connectivity index (χ0v) is 11.7. The summed E-state index contributed by atoms with van der Waals surface area (Å²) in [5.41, 5.74) is 0.271. The van der Waals surface area contributed by atoms with Gasteiger partial charge in [0.25, 0.3) is 0 Å². The SMILES string of the molecule is COC(=O)CC1(CSCCc2cccs2)CC1. The van der Waals surface area contributed by atoms with Crippen LogP contribution in [0.3, 0.4) is 0 Å². The van der Waals surface area contributed by atoms with E-state index in [1.54, 1.807) is 0 Å². The van der Waals surface area contributed by atoms with E-state index < -0.39 is 0 Å². The van der Waals surface area contributed by atoms with Crippen molar-refractivity contribution in [2.24, 2.45) is 5.41 Å². The Hall–Kier alpha value is -0.480. The molecule has 0 unspecified atom stereocenters. The van der Waals surface area contributed by atoms with E-state index in [1.807, 2.05) is 23.1 Å². The summed E-state index contributed by atoms with van der Waals surface area (Å²) in [5.74, 6) is 2.21. The zero-order valence-electron chi connectivity index (χ0n) is 10.1. The molecule has 1 saturated carbocycles. The van der Waals surface area contributed by atoms with Crippen molar-refractivity contribution in [3.8, 4) is 0 Å². The molecule has 0 amide bonds. The van der Waals surface area contributed by atoms with E-state index in [-0.39, 0.29) is 11.4 Å². The molecule has 0 saturated heterocycles. The molecule has 1 aliphatic rings. The minimum atomic E-state index is -0.0543. The number of methoxy groups -OCH3 is 1. The molecule has 1 heterocycles. The molecule has 0 aromatic carbocycles. The van der Waals surface area contributed by atoms with Crippen LogP contribution in [0.4, 0.5) is 0 Å². The van der Waals surface area contributed by atoms with Crippen molar-refractivity contribution < 1.29 is 9.53 Å². The highest BCUT2D eigenvalue weighted by atomic mass is 32.2. The average Bonchev–Trinajstić information content (AvgIpc) is 2.89. The first-order valence-corrected chi connectivity index (χ1v) is 7.94. The lowest BCUT2D eigenvalue weighted by atomic mass is 10.1. The monoisotopic (exact) mass is 270 g/mol. The van der Waals surface area contributed by atoms with Gasteiger partial charge >= 0.3 is 5.97 Å². The van der Waals surface area contributed by atoms with E-state index in [1.165, 1.54) is 24.8 Å². The third-order valence-corrected chi connectivity index (χ3v) is 5.43. The van der Waals surface area contributed by atoms with Crippen molar-refractivity contribution in [1.29, 1.82) is 0 Å². The van der Waals surface area contributed by atoms with Crippen LogP contribution in [0.1, 0.15) is 24.1 Å². The Labute approximate surface area is 111 Å². The predicted octanol–water partition coefficient (Wildman–Crippen LogP) is 3.37. The third-order valence-electron chi connectivity index (χ3n) is 3.19. The molecule has 94 valence electrons. The van der Waals surface area contributed by atoms with Gasteiger partial charge in [0.05, 0.1) is 13.5 Å². The van der Waals surface area contributed by atoms with Gasteiger partial charge in [-0.3, -0.25) is 4.79 Å². The van der Waals surface area contributed by atoms with Crippen molar-refractivity contribution in [2.75, 3.05) is 18.6 Å². The summed E-state index contributed by atoms with van der Waals surface area (Å²) in [6.07, 6.45) is 4.13. The summed E-state index contributed by atoms with van der Waals surface area (Å²) in [5, 5.41) is 2.12. The van der Waals surface area contributed by atoms with E-state index in [9.17, 15) is 4.79 Å². The number of hydrogen-bond acceptors (Lipinski definition) is 4. The molecule has 0 bridgehead atoms. The lowest BCUT2D eigenvalue weighted by Gasteiger charge is -2.12. The quantitative estimate of drug-likeness (QED) is 0.561. The van der Waals surface area contributed by atoms with E-state index in [4.69, 9.17) is 4.74 Å². The van der Waals surface area contributed by atoms with Crippen molar-refractivity contribution in [3.05, 3.63) is 22.4 Å². The molecule has 0 N–H and O–H groups in total. The van der Waals surface area contributed by atoms with Crippen LogP contribution in [0, 0.1) is 5.41 Å². The standard InChI is InChI=1S/C13H18O2S2/c1-15-12(14)9-13(5-6-13)10-16-8-4-11-3-2-7-17-11/h2-3,7H,4-6,8-10H2,1H3. The second-order valence-corrected chi connectivity index (χ2v) is 6.77. The molecular weight excluding hydrogens is 252 g/mol. The van der Waals surface area contributed by atoms with Gasteiger partial charge < -0.3 is 4.74 Å². The maximum atomic E-state index is 11.3. The highest BCUT2D eigenvalue weighted by Gasteiger charge is 2.44. The van der Waals surface area contributed by atoms with Crippen molar-refractivity contribution in [3.63, 3.8) is 0 Å². The lowest BCUT2D eigenvalue weighted by molar-refractivity contribution is -0.141. The lowest BCUT2D eigenvalue weighted by Crippen LogP contribution is -2.13. The first kappa shape index (κ1) is 13.0. The summed E-state index contributed by atoms with van der Waals surface area (Å²) in [6, 6.07) is 4.29. The number of carbonyl (C=O) groups is 1. The van der Waals surface area contributed by atoms with Gasteiger partial charge in [0.15, 0.2) is 0 Å². The van der Waals surface area contributed by atoms with Gasteiger partial charge in [0, 0.05) is 4.88 Å². The second-order valence-electron chi connectivity index (χ2n) is 4.63. The highest BCUT2D eigenvalue weighted by Crippen LogP contribution is 2.51. The molecule has 1 aliphatic carbocycles. The number of thiophene rings is 1. The Morgan fingerprint density at radius 2 is 2.41 bits per heavy atom. The van der Waals surface area contributed by atoms with Crippen LogP contribution in [-0.4, -0.2) is 24.6 Å². The molecule has 0 atom stereocenters. The fourth-order valence-corrected chi connectivity index (χ4v) is 4.01. The molecule has 1 fully saturated rings. The molecule has 4 heteroatoms. The van der Waals surface area contributed by atoms with Gasteiger partial charge in [-0.25, -0.2) is 0 Å². The van der Waals surface area contributed by atoms with E-state index in [2.05, 4.69) is 17.5 Å². The van der Waals surface area contributed by atoms with Crippen LogP contribution < -0.4 is 0 Å². The normalized spacial score (nSPS) is 16.8. The summed E-state index contributed by atoms with van der Waals surface area (Å²) in [7, 11) is 1.47. The van der Waals surface area contributed by atoms with Crippen LogP contribution >= 0.6 is 23.1 Å². The van der Waals surface area contributed by atoms with Crippen LogP contribution in [0.5, 0.6) is 0 Å². The van der Waals surface area contributed by atoms with Crippen molar-refractivity contribution in [1.82, 2.24) is 0 Å². The van der Waals surface area contributed by atoms with Gasteiger partial charge in [-0.05, 0) is 47.6 Å². The average molecular weight is 270 g/mol. The minimum Gasteiger partial charge on any atom is -0.469 e. The molecule has 1 aromatic heterocycles. The van der Waals surface area contributed by atoms with Gasteiger partial charge in [-0.1, -0.05) is 6.07 Å². The fourth-order valence-electron chi connectivity index (χ4n) is 1.84. The van der Waals surface area contributed by atoms with E-state index in [0.29, 0.717) is 6.42 Å². The summed E-state index contributed by atoms with van der Waals surface area (Å²) in [6.45, 7) is 0. The van der Waals surface area contributed by atoms with Crippen LogP contribution in [0.2, 0.25) is 0 Å². The van der Waals surface area contributed by atoms with Crippen molar-refractivity contribution >= 4 is 29.1 Å². The summed E-state index contributed by atoms with van der Waals surface area (Å²) < 4.78 is 4.74. The van der Waals surface area contributed by atoms with Gasteiger partial charge in [0.1, 0.15) is 0 Å². The second kappa shape index (κ2) is 5.91. The third kappa shape index (κ3) is 4.03. The van der Waals surface area contributed by atoms with Crippen LogP contribution in [0.25, 0.3) is 0 Å². The van der Waals surface area contributed by atoms with Gasteiger partial charge in [-0.15, -0.1) is 11.3 Å². The van der Waals surface area contributed by atoms with Gasteiger partial charge in [-0.2, -0.15) is 11.8 Å². The molecule has 2 rings (SSSR count). The Morgan fingerprint density at radius 1 is 1.59 bits per heavy atom. The number of thioether (sulfide) groups is 1. The van der Waals surface area contributed by atoms with Crippen LogP contribution in [-0.2, 0) is 16.0 Å². The van der Waals surface area contributed by atoms with Crippen LogP contribution in [0.15, 0.2) is 17.5 Å². The number of aryl methyl sites for hydroxylation is 1. The predicted molar refractivity (Wildman–Crippen MR) is 73.6 cm³/mol. The number of ether oxygens (including phenoxy) is 1. The maximum absolute atomic E-state index is 11.3. The number of carbonyl (C=O) groups excluding carboxylic acids is 1. The van der Waals surface area contributed by atoms with Gasteiger partial charge in [0.2, 0.25) is 0 Å². The Bertz CT molecular complexity index is 356. The molecule has 0 spiro atoms. The topological polar surface area (TPSA) is 26.3 Å². The largest absolute Gasteiger partial charge is 0.469 e. The molecule has 17 heavy (non-hydrogen) atoms. The number of esters is 1. The Kier molecular flexibility index (Phi) is 4.51. The molecule has 0 aliphatic heterocycles. The first-order chi connectivity index (χ1) is 8.24. The fraction of sp³-hybridized carbons (Fsp3) is 0.615. The Morgan fingerprint density at radius 3 is 3.00 bits per heavy atom. The molecular formula is C13H18O2S2. The summed E-state index contributed by atoms with van der Waals surface area (Å²) >= 11 is 3.80. The first-order valence-electron chi connectivity index (χ1n) is 5.91. The van der Waals surface area contributed by atoms with Crippen molar-refractivity contribution in [2.45, 2.75) is 25.7 Å². The maximum Gasteiger partial charge on any atom is 0.306 e. The number of hydrogen-bond donors (Lipinski definition) is 0. The van der Waals surface area contributed by atoms with E-state index in [0.717, 1.165) is 17.9 Å². The van der Waals surface area contributed by atoms with E-state index >= 15 is 0 Å². The smallest absolute Gasteiger partial charge is 0.306 e. The molecule has 1 aromatic rings.